The second-order valence-corrected chi connectivity index (χ2v) is 5.77. The van der Waals surface area contributed by atoms with Crippen molar-refractivity contribution >= 4 is 21.5 Å². The minimum Gasteiger partial charge on any atom is -0.263 e. The third kappa shape index (κ3) is 2.97. The molecule has 0 aliphatic carbocycles. The van der Waals surface area contributed by atoms with E-state index in [2.05, 4.69) is 9.71 Å². The first-order valence-electron chi connectivity index (χ1n) is 5.70. The molecule has 1 N–H and O–H groups in total. The number of pyridine rings is 1. The Morgan fingerprint density at radius 3 is 2.62 bits per heavy atom. The van der Waals surface area contributed by atoms with Crippen LogP contribution >= 0.6 is 0 Å². The zero-order valence-corrected chi connectivity index (χ0v) is 11.6. The number of aryl methyl sites for hydroxylation is 1. The number of hydrogen-bond donors (Lipinski definition) is 1. The van der Waals surface area contributed by atoms with Crippen molar-refractivity contribution in [3.05, 3.63) is 58.0 Å². The number of nitrogens with one attached hydrogen (secondary N) is 1. The van der Waals surface area contributed by atoms with E-state index in [1.54, 1.807) is 19.1 Å². The first-order valence-corrected chi connectivity index (χ1v) is 7.18. The number of hydrogen-bond acceptors (Lipinski definition) is 5. The highest BCUT2D eigenvalue weighted by molar-refractivity contribution is 7.92. The van der Waals surface area contributed by atoms with Crippen LogP contribution in [0.15, 0.2) is 41.4 Å². The summed E-state index contributed by atoms with van der Waals surface area (Å²) in [7, 11) is -4.33. The first kappa shape index (κ1) is 14.9. The van der Waals surface area contributed by atoms with Crippen molar-refractivity contribution in [3.8, 4) is 0 Å². The van der Waals surface area contributed by atoms with Crippen LogP contribution in [0.5, 0.6) is 0 Å². The van der Waals surface area contributed by atoms with E-state index in [9.17, 15) is 22.9 Å². The average Bonchev–Trinajstić information content (AvgIpc) is 2.40. The zero-order valence-electron chi connectivity index (χ0n) is 10.8. The quantitative estimate of drug-likeness (QED) is 0.689. The van der Waals surface area contributed by atoms with E-state index < -0.39 is 31.3 Å². The Morgan fingerprint density at radius 2 is 2.00 bits per heavy atom. The predicted octanol–water partition coefficient (Wildman–Crippen LogP) is 2.24. The summed E-state index contributed by atoms with van der Waals surface area (Å²) in [6.07, 6.45) is 1.37. The van der Waals surface area contributed by atoms with Crippen LogP contribution < -0.4 is 4.72 Å². The fraction of sp³-hybridized carbons (Fsp3) is 0.0833. The molecule has 0 amide bonds. The summed E-state index contributed by atoms with van der Waals surface area (Å²) >= 11 is 0. The van der Waals surface area contributed by atoms with Gasteiger partial charge < -0.3 is 0 Å². The topological polar surface area (TPSA) is 102 Å². The van der Waals surface area contributed by atoms with Gasteiger partial charge in [0.2, 0.25) is 5.82 Å². The Balaban J connectivity index is 2.53. The van der Waals surface area contributed by atoms with Gasteiger partial charge in [-0.2, -0.15) is 4.39 Å². The maximum Gasteiger partial charge on any atom is 0.325 e. The molecule has 1 aromatic carbocycles. The second kappa shape index (κ2) is 5.44. The van der Waals surface area contributed by atoms with E-state index in [4.69, 9.17) is 0 Å². The molecule has 0 radical (unpaired) electrons. The highest BCUT2D eigenvalue weighted by Gasteiger charge is 2.29. The highest BCUT2D eigenvalue weighted by atomic mass is 32.2. The Morgan fingerprint density at radius 1 is 1.29 bits per heavy atom. The highest BCUT2D eigenvalue weighted by Crippen LogP contribution is 2.28. The van der Waals surface area contributed by atoms with E-state index in [0.717, 1.165) is 18.2 Å². The molecule has 0 bridgehead atoms. The van der Waals surface area contributed by atoms with Crippen molar-refractivity contribution in [2.75, 3.05) is 4.72 Å². The largest absolute Gasteiger partial charge is 0.325 e. The van der Waals surface area contributed by atoms with Crippen LogP contribution in [-0.4, -0.2) is 18.3 Å². The lowest BCUT2D eigenvalue weighted by molar-refractivity contribution is -0.390. The molecule has 110 valence electrons. The zero-order chi connectivity index (χ0) is 15.6. The monoisotopic (exact) mass is 311 g/mol. The molecule has 0 atom stereocenters. The van der Waals surface area contributed by atoms with Gasteiger partial charge >= 0.3 is 5.69 Å². The van der Waals surface area contributed by atoms with Gasteiger partial charge in [-0.25, -0.2) is 13.4 Å². The number of nitro benzene ring substituents is 1. The number of halogens is 1. The SMILES string of the molecule is Cc1cccnc1NS(=O)(=O)c1cccc(F)c1[N+](=O)[O-]. The van der Waals surface area contributed by atoms with Gasteiger partial charge in [0.1, 0.15) is 5.82 Å². The molecule has 21 heavy (non-hydrogen) atoms. The maximum atomic E-state index is 13.5. The van der Waals surface area contributed by atoms with Gasteiger partial charge in [-0.05, 0) is 30.7 Å². The van der Waals surface area contributed by atoms with Crippen LogP contribution in [0.4, 0.5) is 15.9 Å². The molecule has 0 unspecified atom stereocenters. The van der Waals surface area contributed by atoms with Gasteiger partial charge in [0.25, 0.3) is 10.0 Å². The average molecular weight is 311 g/mol. The Hall–Kier alpha value is -2.55. The fourth-order valence-electron chi connectivity index (χ4n) is 1.66. The van der Waals surface area contributed by atoms with Gasteiger partial charge in [-0.15, -0.1) is 0 Å². The number of para-hydroxylation sites is 1. The summed E-state index contributed by atoms with van der Waals surface area (Å²) in [5.74, 6) is -1.20. The van der Waals surface area contributed by atoms with Gasteiger partial charge in [0.05, 0.1) is 4.92 Å². The number of anilines is 1. The standard InChI is InChI=1S/C12H10FN3O4S/c1-8-4-3-7-14-12(8)15-21(19,20)10-6-2-5-9(13)11(10)16(17)18/h2-7H,1H3,(H,14,15). The van der Waals surface area contributed by atoms with Crippen LogP contribution in [0.1, 0.15) is 5.56 Å². The number of nitro groups is 1. The smallest absolute Gasteiger partial charge is 0.263 e. The van der Waals surface area contributed by atoms with Crippen molar-refractivity contribution in [2.45, 2.75) is 11.8 Å². The summed E-state index contributed by atoms with van der Waals surface area (Å²) in [5.41, 5.74) is -0.571. The number of aromatic nitrogens is 1. The second-order valence-electron chi connectivity index (χ2n) is 4.12. The first-order chi connectivity index (χ1) is 9.83. The number of sulfonamides is 1. The van der Waals surface area contributed by atoms with E-state index in [-0.39, 0.29) is 5.82 Å². The summed E-state index contributed by atoms with van der Waals surface area (Å²) in [6, 6.07) is 6.09. The maximum absolute atomic E-state index is 13.5. The van der Waals surface area contributed by atoms with Crippen molar-refractivity contribution in [1.29, 1.82) is 0 Å². The van der Waals surface area contributed by atoms with Crippen LogP contribution in [0.25, 0.3) is 0 Å². The summed E-state index contributed by atoms with van der Waals surface area (Å²) < 4.78 is 40.0. The minimum atomic E-state index is -4.33. The third-order valence-corrected chi connectivity index (χ3v) is 4.03. The number of nitrogens with zero attached hydrogens (tertiary/aromatic N) is 2. The summed E-state index contributed by atoms with van der Waals surface area (Å²) in [6.45, 7) is 1.62. The van der Waals surface area contributed by atoms with Crippen molar-refractivity contribution < 1.29 is 17.7 Å². The molecular weight excluding hydrogens is 301 g/mol. The Kier molecular flexibility index (Phi) is 3.85. The van der Waals surface area contributed by atoms with E-state index in [0.29, 0.717) is 5.56 Å². The number of benzene rings is 1. The molecule has 9 heteroatoms. The van der Waals surface area contributed by atoms with E-state index >= 15 is 0 Å². The van der Waals surface area contributed by atoms with Crippen LogP contribution in [-0.2, 0) is 10.0 Å². The molecule has 0 saturated heterocycles. The molecule has 2 aromatic rings. The van der Waals surface area contributed by atoms with Gasteiger partial charge in [0.15, 0.2) is 4.90 Å². The molecule has 2 rings (SSSR count). The predicted molar refractivity (Wildman–Crippen MR) is 72.8 cm³/mol. The molecule has 7 nitrogen and oxygen atoms in total. The van der Waals surface area contributed by atoms with E-state index in [1.165, 1.54) is 6.20 Å². The number of rotatable bonds is 4. The molecule has 0 saturated carbocycles. The minimum absolute atomic E-state index is 0.0241. The van der Waals surface area contributed by atoms with Gasteiger partial charge in [-0.1, -0.05) is 12.1 Å². The van der Waals surface area contributed by atoms with E-state index in [1.807, 2.05) is 0 Å². The van der Waals surface area contributed by atoms with Gasteiger partial charge in [0, 0.05) is 6.20 Å². The lowest BCUT2D eigenvalue weighted by Crippen LogP contribution is -2.16. The van der Waals surface area contributed by atoms with Crippen LogP contribution in [0, 0.1) is 22.9 Å². The summed E-state index contributed by atoms with van der Waals surface area (Å²) in [5, 5.41) is 10.9. The Labute approximate surface area is 119 Å². The van der Waals surface area contributed by atoms with Crippen molar-refractivity contribution in [1.82, 2.24) is 4.98 Å². The van der Waals surface area contributed by atoms with Crippen molar-refractivity contribution in [2.24, 2.45) is 0 Å². The molecule has 0 aliphatic heterocycles. The molecule has 1 aromatic heterocycles. The lowest BCUT2D eigenvalue weighted by Gasteiger charge is -2.09. The molecular formula is C12H10FN3O4S. The normalized spacial score (nSPS) is 11.1. The molecule has 0 fully saturated rings. The van der Waals surface area contributed by atoms with Crippen LogP contribution in [0.2, 0.25) is 0 Å². The molecule has 1 heterocycles. The Bertz CT molecular complexity index is 808. The third-order valence-electron chi connectivity index (χ3n) is 2.66. The lowest BCUT2D eigenvalue weighted by atomic mass is 10.3. The van der Waals surface area contributed by atoms with Crippen molar-refractivity contribution in [3.63, 3.8) is 0 Å². The van der Waals surface area contributed by atoms with Gasteiger partial charge in [-0.3, -0.25) is 14.8 Å². The fourth-order valence-corrected chi connectivity index (χ4v) is 2.93. The van der Waals surface area contributed by atoms with Crippen LogP contribution in [0.3, 0.4) is 0 Å². The molecule has 0 spiro atoms. The molecule has 0 aliphatic rings. The summed E-state index contributed by atoms with van der Waals surface area (Å²) in [4.78, 5) is 12.9.